The zero-order chi connectivity index (χ0) is 27.1. The zero-order valence-corrected chi connectivity index (χ0v) is 20.6. The number of nitrogen functional groups attached to an aromatic ring is 1. The first-order valence-electron chi connectivity index (χ1n) is 12.1. The molecule has 14 heteroatoms. The van der Waals surface area contributed by atoms with Gasteiger partial charge < -0.3 is 30.6 Å². The van der Waals surface area contributed by atoms with E-state index in [1.165, 1.54) is 17.2 Å². The van der Waals surface area contributed by atoms with E-state index in [4.69, 9.17) is 10.5 Å². The molecule has 1 aliphatic heterocycles. The number of fused-ring (bicyclic) bond motifs is 2. The molecule has 0 radical (unpaired) electrons. The van der Waals surface area contributed by atoms with Gasteiger partial charge >= 0.3 is 0 Å². The minimum absolute atomic E-state index is 0.0438. The highest BCUT2D eigenvalue weighted by molar-refractivity contribution is 5.81. The Morgan fingerprint density at radius 3 is 2.71 bits per heavy atom. The molecule has 0 saturated carbocycles. The second-order valence-corrected chi connectivity index (χ2v) is 9.41. The van der Waals surface area contributed by atoms with Gasteiger partial charge in [0.25, 0.3) is 0 Å². The van der Waals surface area contributed by atoms with Gasteiger partial charge in [-0.15, -0.1) is 0 Å². The summed E-state index contributed by atoms with van der Waals surface area (Å²) in [6.45, 7) is 4.52. The molecule has 1 saturated heterocycles. The fraction of sp³-hybridized carbons (Fsp3) is 0.417. The third kappa shape index (κ3) is 4.60. The molecule has 0 spiro atoms. The lowest BCUT2D eigenvalue weighted by Crippen LogP contribution is -2.30. The number of halogens is 3. The summed E-state index contributed by atoms with van der Waals surface area (Å²) < 4.78 is 48.3. The molecule has 5 rings (SSSR count). The van der Waals surface area contributed by atoms with Crippen molar-refractivity contribution in [3.8, 4) is 0 Å². The van der Waals surface area contributed by atoms with Crippen molar-refractivity contribution in [1.82, 2.24) is 34.4 Å². The molecule has 4 aromatic rings. The number of ether oxygens (including phenoxy) is 1. The number of aliphatic hydroxyl groups excluding tert-OH is 2. The van der Waals surface area contributed by atoms with Gasteiger partial charge in [-0.25, -0.2) is 33.1 Å². The van der Waals surface area contributed by atoms with Crippen molar-refractivity contribution < 1.29 is 28.1 Å². The van der Waals surface area contributed by atoms with Crippen LogP contribution in [0, 0.1) is 17.5 Å². The van der Waals surface area contributed by atoms with Crippen molar-refractivity contribution in [2.75, 3.05) is 12.3 Å². The van der Waals surface area contributed by atoms with Crippen LogP contribution in [0.5, 0.6) is 0 Å². The summed E-state index contributed by atoms with van der Waals surface area (Å²) in [5.41, 5.74) is 6.44. The van der Waals surface area contributed by atoms with Gasteiger partial charge in [0.2, 0.25) is 6.23 Å². The first-order chi connectivity index (χ1) is 18.2. The number of hydrogen-bond acceptors (Lipinski definition) is 9. The third-order valence-corrected chi connectivity index (χ3v) is 6.52. The molecule has 0 aliphatic carbocycles. The molecule has 202 valence electrons. The van der Waals surface area contributed by atoms with Crippen LogP contribution in [-0.4, -0.2) is 69.4 Å². The maximum atomic E-state index is 13.9. The van der Waals surface area contributed by atoms with E-state index in [1.807, 2.05) is 18.7 Å². The normalized spacial score (nSPS) is 20.7. The van der Waals surface area contributed by atoms with Gasteiger partial charge in [0, 0.05) is 31.3 Å². The number of aryl methyl sites for hydroxylation is 1. The molecular weight excluding hydrogens is 505 g/mol. The predicted octanol–water partition coefficient (Wildman–Crippen LogP) is 2.53. The number of aromatic amines is 1. The highest BCUT2D eigenvalue weighted by atomic mass is 19.2. The first-order valence-corrected chi connectivity index (χ1v) is 12.1. The number of aromatic nitrogens is 6. The van der Waals surface area contributed by atoms with Crippen LogP contribution in [0.15, 0.2) is 30.7 Å². The van der Waals surface area contributed by atoms with Crippen LogP contribution in [0.4, 0.5) is 19.0 Å². The summed E-state index contributed by atoms with van der Waals surface area (Å²) in [5.74, 6) is -3.31. The van der Waals surface area contributed by atoms with Gasteiger partial charge in [-0.05, 0) is 26.7 Å². The Bertz CT molecular complexity index is 1500. The van der Waals surface area contributed by atoms with Gasteiger partial charge in [-0.1, -0.05) is 0 Å². The predicted molar refractivity (Wildman–Crippen MR) is 131 cm³/mol. The van der Waals surface area contributed by atoms with Gasteiger partial charge in [0.1, 0.15) is 47.5 Å². The van der Waals surface area contributed by atoms with Crippen molar-refractivity contribution in [3.63, 3.8) is 0 Å². The lowest BCUT2D eigenvalue weighted by atomic mass is 10.1. The Hall–Kier alpha value is -3.91. The van der Waals surface area contributed by atoms with E-state index in [1.54, 1.807) is 6.20 Å². The highest BCUT2D eigenvalue weighted by Gasteiger charge is 2.42. The largest absolute Gasteiger partial charge is 0.467 e. The van der Waals surface area contributed by atoms with E-state index >= 15 is 0 Å². The van der Waals surface area contributed by atoms with Crippen molar-refractivity contribution in [3.05, 3.63) is 54.0 Å². The molecule has 3 aromatic heterocycles. The second-order valence-electron chi connectivity index (χ2n) is 9.41. The Labute approximate surface area is 214 Å². The molecule has 5 N–H and O–H groups in total. The molecular formula is C24H27F3N8O3. The molecule has 0 bridgehead atoms. The van der Waals surface area contributed by atoms with Crippen molar-refractivity contribution >= 4 is 28.0 Å². The zero-order valence-electron chi connectivity index (χ0n) is 20.6. The maximum absolute atomic E-state index is 13.9. The van der Waals surface area contributed by atoms with Gasteiger partial charge in [0.15, 0.2) is 28.9 Å². The quantitative estimate of drug-likeness (QED) is 0.198. The minimum atomic E-state index is -1.54. The smallest absolute Gasteiger partial charge is 0.207 e. The van der Waals surface area contributed by atoms with Crippen molar-refractivity contribution in [1.29, 1.82) is 0 Å². The van der Waals surface area contributed by atoms with Crippen LogP contribution < -0.4 is 5.73 Å². The monoisotopic (exact) mass is 532 g/mol. The topological polar surface area (TPSA) is 151 Å². The Morgan fingerprint density at radius 2 is 1.95 bits per heavy atom. The van der Waals surface area contributed by atoms with Crippen LogP contribution in [0.1, 0.15) is 38.7 Å². The fourth-order valence-electron chi connectivity index (χ4n) is 4.44. The molecule has 4 heterocycles. The Morgan fingerprint density at radius 1 is 1.16 bits per heavy atom. The molecule has 0 unspecified atom stereocenters. The molecule has 1 aliphatic rings. The molecule has 11 nitrogen and oxygen atoms in total. The number of unbranched alkanes of at least 4 members (excludes halogenated alkanes) is 1. The number of imidazole rings is 2. The number of rotatable bonds is 8. The fourth-order valence-corrected chi connectivity index (χ4v) is 4.44. The van der Waals surface area contributed by atoms with Gasteiger partial charge in [-0.2, -0.15) is 0 Å². The summed E-state index contributed by atoms with van der Waals surface area (Å²) in [4.78, 5) is 21.1. The van der Waals surface area contributed by atoms with Crippen molar-refractivity contribution in [2.45, 2.75) is 57.6 Å². The van der Waals surface area contributed by atoms with Crippen LogP contribution in [0.3, 0.4) is 0 Å². The van der Waals surface area contributed by atoms with Gasteiger partial charge in [-0.3, -0.25) is 4.57 Å². The van der Waals surface area contributed by atoms with E-state index in [2.05, 4.69) is 24.9 Å². The van der Waals surface area contributed by atoms with E-state index in [0.29, 0.717) is 42.8 Å². The van der Waals surface area contributed by atoms with Gasteiger partial charge in [0.05, 0.1) is 5.52 Å². The maximum Gasteiger partial charge on any atom is 0.207 e. The van der Waals surface area contributed by atoms with E-state index < -0.39 is 35.9 Å². The number of hydrogen-bond donors (Lipinski definition) is 4. The molecule has 38 heavy (non-hydrogen) atoms. The summed E-state index contributed by atoms with van der Waals surface area (Å²) in [5, 5.41) is 21.4. The van der Waals surface area contributed by atoms with Crippen molar-refractivity contribution in [2.24, 2.45) is 0 Å². The summed E-state index contributed by atoms with van der Waals surface area (Å²) in [6.07, 6.45) is 2.64. The van der Waals surface area contributed by atoms with E-state index in [-0.39, 0.29) is 28.7 Å². The van der Waals surface area contributed by atoms with Crippen LogP contribution in [-0.2, 0) is 11.2 Å². The van der Waals surface area contributed by atoms with Crippen LogP contribution in [0.2, 0.25) is 0 Å². The number of nitrogens with two attached hydrogens (primary N) is 1. The number of anilines is 1. The minimum Gasteiger partial charge on any atom is -0.467 e. The number of nitrogens with zero attached hydrogens (tertiary/aromatic N) is 6. The third-order valence-electron chi connectivity index (χ3n) is 6.52. The summed E-state index contributed by atoms with van der Waals surface area (Å²) in [6, 6.07) is 0.933. The average molecular weight is 533 g/mol. The number of nitrogens with one attached hydrogen (secondary N) is 1. The number of H-pyrrole nitrogens is 1. The van der Waals surface area contributed by atoms with E-state index in [0.717, 1.165) is 6.07 Å². The lowest BCUT2D eigenvalue weighted by Gasteiger charge is -2.26. The SMILES string of the molecule is CC(C)N(/C=C1/O[C@@H](n2cnc3c(N)ncnc32)[C@H](O)[C@@H]1O)CCCCc1nc2c(F)c(F)c(F)cc2[nH]1. The van der Waals surface area contributed by atoms with E-state index in [9.17, 15) is 23.4 Å². The number of benzene rings is 1. The standard InChI is InChI=1S/C24H27F3N8O3/c1-11(2)34(6-4-3-5-15-32-13-7-12(25)16(26)17(27)18(13)33-15)8-14-20(36)21(37)24(38-14)35-10-31-19-22(28)29-9-30-23(19)35/h7-11,20-21,24,36-37H,3-6H2,1-2H3,(H,32,33)(H2,28,29,30)/b14-8+/t20-,21-,24-/m1/s1. The highest BCUT2D eigenvalue weighted by Crippen LogP contribution is 2.34. The second kappa shape index (κ2) is 10.1. The van der Waals surface area contributed by atoms with Crippen LogP contribution in [0.25, 0.3) is 22.2 Å². The van der Waals surface area contributed by atoms with Crippen LogP contribution >= 0.6 is 0 Å². The average Bonchev–Trinajstić information content (AvgIpc) is 3.57. The molecule has 3 atom stereocenters. The first kappa shape index (κ1) is 25.7. The summed E-state index contributed by atoms with van der Waals surface area (Å²) >= 11 is 0. The molecule has 0 amide bonds. The Balaban J connectivity index is 1.24. The Kier molecular flexibility index (Phi) is 6.84. The lowest BCUT2D eigenvalue weighted by molar-refractivity contribution is -0.0120. The summed E-state index contributed by atoms with van der Waals surface area (Å²) in [7, 11) is 0. The number of aliphatic hydroxyl groups is 2. The molecule has 1 fully saturated rings. The molecule has 1 aromatic carbocycles.